The molecule has 0 aromatic rings. The summed E-state index contributed by atoms with van der Waals surface area (Å²) in [5.41, 5.74) is 6.88. The van der Waals surface area contributed by atoms with Gasteiger partial charge in [0.15, 0.2) is 0 Å². The van der Waals surface area contributed by atoms with Crippen LogP contribution in [0.4, 0.5) is 0 Å². The Kier molecular flexibility index (Phi) is 3.84. The first-order valence-corrected chi connectivity index (χ1v) is 7.52. The second-order valence-corrected chi connectivity index (χ2v) is 6.85. The van der Waals surface area contributed by atoms with Gasteiger partial charge in [-0.05, 0) is 64.8 Å². The summed E-state index contributed by atoms with van der Waals surface area (Å²) in [6, 6.07) is 0. The molecule has 2 fully saturated rings. The number of nitrogens with zero attached hydrogens (tertiary/aromatic N) is 1. The topological polar surface area (TPSA) is 29.3 Å². The minimum Gasteiger partial charge on any atom is -0.329 e. The summed E-state index contributed by atoms with van der Waals surface area (Å²) in [6.07, 6.45) is 9.47. The monoisotopic (exact) mass is 238 g/mol. The number of likely N-dealkylation sites (tertiary alicyclic amines) is 1. The van der Waals surface area contributed by atoms with Crippen molar-refractivity contribution in [2.24, 2.45) is 11.7 Å². The Labute approximate surface area is 107 Å². The lowest BCUT2D eigenvalue weighted by Gasteiger charge is -2.51. The molecule has 100 valence electrons. The normalized spacial score (nSPS) is 38.5. The van der Waals surface area contributed by atoms with Crippen molar-refractivity contribution in [3.05, 3.63) is 0 Å². The summed E-state index contributed by atoms with van der Waals surface area (Å²) in [4.78, 5) is 2.76. The fourth-order valence-corrected chi connectivity index (χ4v) is 4.19. The Morgan fingerprint density at radius 3 is 2.24 bits per heavy atom. The van der Waals surface area contributed by atoms with Gasteiger partial charge in [-0.3, -0.25) is 4.90 Å². The van der Waals surface area contributed by atoms with Crippen LogP contribution in [0.2, 0.25) is 0 Å². The smallest absolute Gasteiger partial charge is 0.0337 e. The zero-order valence-electron chi connectivity index (χ0n) is 12.0. The summed E-state index contributed by atoms with van der Waals surface area (Å²) in [7, 11) is 0. The lowest BCUT2D eigenvalue weighted by atomic mass is 9.73. The molecule has 2 rings (SSSR count). The summed E-state index contributed by atoms with van der Waals surface area (Å²) in [5, 5.41) is 0. The van der Waals surface area contributed by atoms with E-state index in [4.69, 9.17) is 5.73 Å². The fraction of sp³-hybridized carbons (Fsp3) is 1.00. The van der Waals surface area contributed by atoms with Crippen LogP contribution in [0.15, 0.2) is 0 Å². The molecule has 1 saturated heterocycles. The lowest BCUT2D eigenvalue weighted by Crippen LogP contribution is -2.60. The molecule has 2 N–H and O–H groups in total. The quantitative estimate of drug-likeness (QED) is 0.818. The second kappa shape index (κ2) is 4.89. The minimum atomic E-state index is 0.325. The van der Waals surface area contributed by atoms with Crippen molar-refractivity contribution in [3.8, 4) is 0 Å². The Balaban J connectivity index is 2.10. The van der Waals surface area contributed by atoms with Crippen molar-refractivity contribution in [1.29, 1.82) is 0 Å². The van der Waals surface area contributed by atoms with E-state index in [1.54, 1.807) is 0 Å². The predicted octanol–water partition coefficient (Wildman–Crippen LogP) is 3.16. The molecular formula is C15H30N2. The zero-order chi connectivity index (χ0) is 12.5. The first kappa shape index (κ1) is 13.4. The third-order valence-corrected chi connectivity index (χ3v) is 5.47. The molecule has 1 saturated carbocycles. The molecule has 17 heavy (non-hydrogen) atoms. The van der Waals surface area contributed by atoms with Gasteiger partial charge in [0, 0.05) is 17.6 Å². The van der Waals surface area contributed by atoms with Crippen molar-refractivity contribution in [1.82, 2.24) is 4.90 Å². The Morgan fingerprint density at radius 1 is 1.18 bits per heavy atom. The van der Waals surface area contributed by atoms with Gasteiger partial charge in [-0.25, -0.2) is 0 Å². The molecule has 0 radical (unpaired) electrons. The number of nitrogens with two attached hydrogens (primary N) is 1. The average molecular weight is 238 g/mol. The first-order chi connectivity index (χ1) is 8.04. The molecule has 2 heteroatoms. The van der Waals surface area contributed by atoms with E-state index in [1.165, 1.54) is 51.5 Å². The molecule has 1 heterocycles. The highest BCUT2D eigenvalue weighted by molar-refractivity contribution is 5.03. The molecule has 0 aromatic heterocycles. The van der Waals surface area contributed by atoms with E-state index in [9.17, 15) is 0 Å². The summed E-state index contributed by atoms with van der Waals surface area (Å²) >= 11 is 0. The van der Waals surface area contributed by atoms with E-state index in [2.05, 4.69) is 25.7 Å². The maximum Gasteiger partial charge on any atom is 0.0337 e. The second-order valence-electron chi connectivity index (χ2n) is 6.85. The molecule has 0 aromatic carbocycles. The van der Waals surface area contributed by atoms with Crippen molar-refractivity contribution in [2.75, 3.05) is 13.1 Å². The van der Waals surface area contributed by atoms with Crippen LogP contribution in [0.1, 0.15) is 65.7 Å². The van der Waals surface area contributed by atoms with Gasteiger partial charge < -0.3 is 5.73 Å². The molecule has 0 spiro atoms. The van der Waals surface area contributed by atoms with Crippen molar-refractivity contribution < 1.29 is 0 Å². The van der Waals surface area contributed by atoms with Gasteiger partial charge in [-0.15, -0.1) is 0 Å². The first-order valence-electron chi connectivity index (χ1n) is 7.52. The van der Waals surface area contributed by atoms with E-state index < -0.39 is 0 Å². The van der Waals surface area contributed by atoms with Crippen LogP contribution >= 0.6 is 0 Å². The summed E-state index contributed by atoms with van der Waals surface area (Å²) in [5.74, 6) is 0.959. The number of hydrogen-bond acceptors (Lipinski definition) is 2. The molecule has 0 amide bonds. The minimum absolute atomic E-state index is 0.325. The van der Waals surface area contributed by atoms with E-state index in [0.717, 1.165) is 12.5 Å². The van der Waals surface area contributed by atoms with Crippen LogP contribution in [0.3, 0.4) is 0 Å². The third kappa shape index (κ3) is 2.39. The van der Waals surface area contributed by atoms with Crippen LogP contribution in [0, 0.1) is 5.92 Å². The Bertz CT molecular complexity index is 252. The van der Waals surface area contributed by atoms with Crippen LogP contribution in [-0.4, -0.2) is 29.1 Å². The Hall–Kier alpha value is -0.0800. The molecule has 2 aliphatic rings. The van der Waals surface area contributed by atoms with Gasteiger partial charge in [0.2, 0.25) is 0 Å². The fourth-order valence-electron chi connectivity index (χ4n) is 4.19. The van der Waals surface area contributed by atoms with Crippen LogP contribution in [0.5, 0.6) is 0 Å². The van der Waals surface area contributed by atoms with E-state index in [-0.39, 0.29) is 0 Å². The maximum atomic E-state index is 6.18. The van der Waals surface area contributed by atoms with Crippen molar-refractivity contribution >= 4 is 0 Å². The van der Waals surface area contributed by atoms with E-state index in [1.807, 2.05) is 0 Å². The van der Waals surface area contributed by atoms with Crippen molar-refractivity contribution in [3.63, 3.8) is 0 Å². The number of rotatable bonds is 3. The van der Waals surface area contributed by atoms with Gasteiger partial charge in [0.1, 0.15) is 0 Å². The third-order valence-electron chi connectivity index (χ3n) is 5.47. The molecule has 0 unspecified atom stereocenters. The highest BCUT2D eigenvalue weighted by Gasteiger charge is 2.46. The molecule has 2 nitrogen and oxygen atoms in total. The predicted molar refractivity (Wildman–Crippen MR) is 74.1 cm³/mol. The Morgan fingerprint density at radius 2 is 1.82 bits per heavy atom. The average Bonchev–Trinajstić information content (AvgIpc) is 2.70. The highest BCUT2D eigenvalue weighted by Crippen LogP contribution is 2.43. The van der Waals surface area contributed by atoms with E-state index >= 15 is 0 Å². The highest BCUT2D eigenvalue weighted by atomic mass is 15.3. The largest absolute Gasteiger partial charge is 0.329 e. The molecular weight excluding hydrogens is 208 g/mol. The van der Waals surface area contributed by atoms with E-state index in [0.29, 0.717) is 11.1 Å². The SMILES string of the molecule is CCC1CCC(CN)(N2CCCC2(C)C)CC1. The van der Waals surface area contributed by atoms with Gasteiger partial charge >= 0.3 is 0 Å². The lowest BCUT2D eigenvalue weighted by molar-refractivity contribution is -0.00263. The van der Waals surface area contributed by atoms with Crippen LogP contribution in [-0.2, 0) is 0 Å². The van der Waals surface area contributed by atoms with Gasteiger partial charge in [0.05, 0.1) is 0 Å². The molecule has 0 bridgehead atoms. The molecule has 1 aliphatic carbocycles. The van der Waals surface area contributed by atoms with Crippen LogP contribution < -0.4 is 5.73 Å². The molecule has 1 aliphatic heterocycles. The maximum absolute atomic E-state index is 6.18. The zero-order valence-corrected chi connectivity index (χ0v) is 12.0. The summed E-state index contributed by atoms with van der Waals surface area (Å²) < 4.78 is 0. The van der Waals surface area contributed by atoms with Gasteiger partial charge in [-0.2, -0.15) is 0 Å². The van der Waals surface area contributed by atoms with Crippen LogP contribution in [0.25, 0.3) is 0 Å². The van der Waals surface area contributed by atoms with Gasteiger partial charge in [-0.1, -0.05) is 13.3 Å². The molecule has 0 atom stereocenters. The number of hydrogen-bond donors (Lipinski definition) is 1. The van der Waals surface area contributed by atoms with Crippen molar-refractivity contribution in [2.45, 2.75) is 76.8 Å². The van der Waals surface area contributed by atoms with Gasteiger partial charge in [0.25, 0.3) is 0 Å². The standard InChI is InChI=1S/C15H30N2/c1-4-13-6-9-15(12-16,10-7-13)17-11-5-8-14(17,2)3/h13H,4-12,16H2,1-3H3. The summed E-state index contributed by atoms with van der Waals surface area (Å²) in [6.45, 7) is 9.26.